The van der Waals surface area contributed by atoms with Crippen molar-refractivity contribution < 1.29 is 0 Å². The smallest absolute Gasteiger partial charge is 0.107 e. The fourth-order valence-corrected chi connectivity index (χ4v) is 2.05. The Kier molecular flexibility index (Phi) is 3.97. The van der Waals surface area contributed by atoms with Crippen LogP contribution in [0.2, 0.25) is 0 Å². The molecule has 0 atom stereocenters. The molecule has 2 rings (SSSR count). The number of imidazole rings is 1. The van der Waals surface area contributed by atoms with Crippen molar-refractivity contribution >= 4 is 15.9 Å². The lowest BCUT2D eigenvalue weighted by Gasteiger charge is -1.99. The van der Waals surface area contributed by atoms with E-state index in [-0.39, 0.29) is 0 Å². The molecule has 0 unspecified atom stereocenters. The first-order valence-corrected chi connectivity index (χ1v) is 6.47. The maximum Gasteiger partial charge on any atom is 0.107 e. The van der Waals surface area contributed by atoms with Gasteiger partial charge in [0.05, 0.1) is 5.69 Å². The number of aromatic nitrogens is 2. The summed E-state index contributed by atoms with van der Waals surface area (Å²) in [5.41, 5.74) is 9.03. The average Bonchev–Trinajstić information content (AvgIpc) is 2.63. The monoisotopic (exact) mass is 293 g/mol. The summed E-state index contributed by atoms with van der Waals surface area (Å²) in [4.78, 5) is 7.85. The fraction of sp³-hybridized carbons (Fsp3) is 0.308. The minimum Gasteiger partial charge on any atom is -0.346 e. The average molecular weight is 294 g/mol. The minimum absolute atomic E-state index is 0.630. The lowest BCUT2D eigenvalue weighted by molar-refractivity contribution is 0.885. The number of halogens is 1. The molecule has 1 heterocycles. The van der Waals surface area contributed by atoms with Crippen molar-refractivity contribution in [3.8, 4) is 0 Å². The van der Waals surface area contributed by atoms with Crippen LogP contribution in [-0.4, -0.2) is 16.5 Å². The second kappa shape index (κ2) is 5.47. The molecule has 0 radical (unpaired) electrons. The third-order valence-corrected chi connectivity index (χ3v) is 3.23. The van der Waals surface area contributed by atoms with E-state index in [0.717, 1.165) is 34.5 Å². The van der Waals surface area contributed by atoms with Crippen molar-refractivity contribution in [2.24, 2.45) is 5.73 Å². The SMILES string of the molecule is Cc1[nH]c(CCN)nc1Cc1ccc(Br)cc1. The van der Waals surface area contributed by atoms with Crippen LogP contribution in [0.25, 0.3) is 0 Å². The van der Waals surface area contributed by atoms with Gasteiger partial charge in [-0.1, -0.05) is 28.1 Å². The summed E-state index contributed by atoms with van der Waals surface area (Å²) < 4.78 is 1.10. The first-order valence-electron chi connectivity index (χ1n) is 5.68. The molecule has 0 spiro atoms. The Hall–Kier alpha value is -1.13. The molecule has 0 saturated heterocycles. The lowest BCUT2D eigenvalue weighted by atomic mass is 10.1. The van der Waals surface area contributed by atoms with E-state index in [9.17, 15) is 0 Å². The number of nitrogens with one attached hydrogen (secondary N) is 1. The number of aryl methyl sites for hydroxylation is 1. The van der Waals surface area contributed by atoms with Gasteiger partial charge in [0.1, 0.15) is 5.82 Å². The van der Waals surface area contributed by atoms with Crippen LogP contribution in [0.3, 0.4) is 0 Å². The lowest BCUT2D eigenvalue weighted by Crippen LogP contribution is -2.04. The molecule has 0 aliphatic heterocycles. The third kappa shape index (κ3) is 3.17. The molecule has 0 saturated carbocycles. The number of benzene rings is 1. The van der Waals surface area contributed by atoms with Gasteiger partial charge in [-0.15, -0.1) is 0 Å². The Bertz CT molecular complexity index is 488. The topological polar surface area (TPSA) is 54.7 Å². The highest BCUT2D eigenvalue weighted by Crippen LogP contribution is 2.15. The van der Waals surface area contributed by atoms with Crippen LogP contribution < -0.4 is 5.73 Å². The molecular formula is C13H16BrN3. The van der Waals surface area contributed by atoms with Crippen LogP contribution in [-0.2, 0) is 12.8 Å². The van der Waals surface area contributed by atoms with Crippen LogP contribution in [0.15, 0.2) is 28.7 Å². The molecule has 17 heavy (non-hydrogen) atoms. The number of H-pyrrole nitrogens is 1. The quantitative estimate of drug-likeness (QED) is 0.910. The number of aromatic amines is 1. The van der Waals surface area contributed by atoms with Crippen molar-refractivity contribution in [3.63, 3.8) is 0 Å². The molecule has 0 fully saturated rings. The number of nitrogens with two attached hydrogens (primary N) is 1. The Labute approximate surface area is 110 Å². The Morgan fingerprint density at radius 2 is 2.00 bits per heavy atom. The molecule has 3 nitrogen and oxygen atoms in total. The van der Waals surface area contributed by atoms with Gasteiger partial charge >= 0.3 is 0 Å². The van der Waals surface area contributed by atoms with Crippen molar-refractivity contribution in [3.05, 3.63) is 51.5 Å². The number of hydrogen-bond donors (Lipinski definition) is 2. The second-order valence-corrected chi connectivity index (χ2v) is 5.01. The molecule has 0 amide bonds. The molecule has 2 aromatic rings. The first-order chi connectivity index (χ1) is 8.19. The van der Waals surface area contributed by atoms with Crippen LogP contribution in [0.5, 0.6) is 0 Å². The number of nitrogens with zero attached hydrogens (tertiary/aromatic N) is 1. The van der Waals surface area contributed by atoms with E-state index in [0.29, 0.717) is 6.54 Å². The van der Waals surface area contributed by atoms with E-state index >= 15 is 0 Å². The van der Waals surface area contributed by atoms with Gasteiger partial charge < -0.3 is 10.7 Å². The zero-order valence-electron chi connectivity index (χ0n) is 9.83. The van der Waals surface area contributed by atoms with Gasteiger partial charge in [0, 0.05) is 23.0 Å². The molecule has 4 heteroatoms. The Morgan fingerprint density at radius 1 is 1.29 bits per heavy atom. The largest absolute Gasteiger partial charge is 0.346 e. The molecule has 0 aliphatic rings. The summed E-state index contributed by atoms with van der Waals surface area (Å²) in [5.74, 6) is 0.983. The molecule has 0 bridgehead atoms. The zero-order valence-corrected chi connectivity index (χ0v) is 11.4. The highest BCUT2D eigenvalue weighted by atomic mass is 79.9. The van der Waals surface area contributed by atoms with Gasteiger partial charge in [-0.05, 0) is 31.2 Å². The Balaban J connectivity index is 2.15. The summed E-state index contributed by atoms with van der Waals surface area (Å²) in [5, 5.41) is 0. The summed E-state index contributed by atoms with van der Waals surface area (Å²) >= 11 is 3.43. The maximum atomic E-state index is 5.52. The highest BCUT2D eigenvalue weighted by Gasteiger charge is 2.06. The number of hydrogen-bond acceptors (Lipinski definition) is 2. The van der Waals surface area contributed by atoms with Gasteiger partial charge in [0.2, 0.25) is 0 Å². The van der Waals surface area contributed by atoms with E-state index in [1.165, 1.54) is 5.56 Å². The molecule has 3 N–H and O–H groups in total. The van der Waals surface area contributed by atoms with Crippen LogP contribution in [0, 0.1) is 6.92 Å². The van der Waals surface area contributed by atoms with Gasteiger partial charge in [-0.3, -0.25) is 0 Å². The van der Waals surface area contributed by atoms with E-state index in [1.54, 1.807) is 0 Å². The maximum absolute atomic E-state index is 5.52. The minimum atomic E-state index is 0.630. The predicted molar refractivity (Wildman–Crippen MR) is 73.0 cm³/mol. The van der Waals surface area contributed by atoms with E-state index in [2.05, 4.69) is 57.1 Å². The van der Waals surface area contributed by atoms with Crippen molar-refractivity contribution in [2.75, 3.05) is 6.54 Å². The fourth-order valence-electron chi connectivity index (χ4n) is 1.79. The third-order valence-electron chi connectivity index (χ3n) is 2.70. The molecule has 90 valence electrons. The van der Waals surface area contributed by atoms with Gasteiger partial charge in [-0.25, -0.2) is 4.98 Å². The van der Waals surface area contributed by atoms with Gasteiger partial charge in [-0.2, -0.15) is 0 Å². The van der Waals surface area contributed by atoms with Crippen LogP contribution in [0.1, 0.15) is 22.8 Å². The Morgan fingerprint density at radius 3 is 2.65 bits per heavy atom. The number of rotatable bonds is 4. The molecule has 1 aromatic heterocycles. The normalized spacial score (nSPS) is 10.8. The predicted octanol–water partition coefficient (Wildman–Crippen LogP) is 2.57. The van der Waals surface area contributed by atoms with Crippen LogP contribution >= 0.6 is 15.9 Å². The van der Waals surface area contributed by atoms with Crippen LogP contribution in [0.4, 0.5) is 0 Å². The first kappa shape index (κ1) is 12.3. The van der Waals surface area contributed by atoms with Gasteiger partial charge in [0.25, 0.3) is 0 Å². The summed E-state index contributed by atoms with van der Waals surface area (Å²) in [6.07, 6.45) is 1.67. The molecule has 1 aromatic carbocycles. The highest BCUT2D eigenvalue weighted by molar-refractivity contribution is 9.10. The van der Waals surface area contributed by atoms with Crippen molar-refractivity contribution in [1.82, 2.24) is 9.97 Å². The summed E-state index contributed by atoms with van der Waals surface area (Å²) in [6.45, 7) is 2.69. The summed E-state index contributed by atoms with van der Waals surface area (Å²) in [7, 11) is 0. The second-order valence-electron chi connectivity index (χ2n) is 4.10. The summed E-state index contributed by atoms with van der Waals surface area (Å²) in [6, 6.07) is 8.33. The van der Waals surface area contributed by atoms with E-state index in [1.807, 2.05) is 0 Å². The molecular weight excluding hydrogens is 278 g/mol. The zero-order chi connectivity index (χ0) is 12.3. The van der Waals surface area contributed by atoms with Crippen molar-refractivity contribution in [1.29, 1.82) is 0 Å². The standard InChI is InChI=1S/C13H16BrN3/c1-9-12(17-13(16-9)6-7-15)8-10-2-4-11(14)5-3-10/h2-5H,6-8,15H2,1H3,(H,16,17). The van der Waals surface area contributed by atoms with E-state index in [4.69, 9.17) is 5.73 Å². The molecule has 0 aliphatic carbocycles. The van der Waals surface area contributed by atoms with Gasteiger partial charge in [0.15, 0.2) is 0 Å². The van der Waals surface area contributed by atoms with E-state index < -0.39 is 0 Å². The van der Waals surface area contributed by atoms with Crippen molar-refractivity contribution in [2.45, 2.75) is 19.8 Å².